The van der Waals surface area contributed by atoms with E-state index < -0.39 is 0 Å². The summed E-state index contributed by atoms with van der Waals surface area (Å²) in [6.07, 6.45) is 0. The van der Waals surface area contributed by atoms with Crippen LogP contribution in [0.3, 0.4) is 0 Å². The minimum absolute atomic E-state index is 0. The zero-order valence-electron chi connectivity index (χ0n) is 15.8. The SMILES string of the molecule is Cc1ccc(COc2ccccc2CNCCN2CCOCC2)cc1.[Cl-].[Cl-]. The number of ether oxygens (including phenoxy) is 2. The van der Waals surface area contributed by atoms with Crippen molar-refractivity contribution >= 4 is 0 Å². The monoisotopic (exact) mass is 410 g/mol. The topological polar surface area (TPSA) is 33.7 Å². The molecule has 1 aliphatic rings. The molecule has 1 N–H and O–H groups in total. The second-order valence-corrected chi connectivity index (χ2v) is 6.51. The average Bonchev–Trinajstić information content (AvgIpc) is 2.66. The van der Waals surface area contributed by atoms with Gasteiger partial charge in [0.05, 0.1) is 13.2 Å². The summed E-state index contributed by atoms with van der Waals surface area (Å²) < 4.78 is 11.4. The predicted octanol–water partition coefficient (Wildman–Crippen LogP) is -3.00. The smallest absolute Gasteiger partial charge is 0.124 e. The minimum Gasteiger partial charge on any atom is -1.00 e. The van der Waals surface area contributed by atoms with E-state index in [1.165, 1.54) is 16.7 Å². The third kappa shape index (κ3) is 8.08. The van der Waals surface area contributed by atoms with E-state index in [-0.39, 0.29) is 24.8 Å². The zero-order valence-corrected chi connectivity index (χ0v) is 17.3. The predicted molar refractivity (Wildman–Crippen MR) is 101 cm³/mol. The summed E-state index contributed by atoms with van der Waals surface area (Å²) in [7, 11) is 0. The van der Waals surface area contributed by atoms with Crippen LogP contribution in [0.1, 0.15) is 16.7 Å². The van der Waals surface area contributed by atoms with Gasteiger partial charge >= 0.3 is 0 Å². The highest BCUT2D eigenvalue weighted by molar-refractivity contribution is 5.33. The van der Waals surface area contributed by atoms with Gasteiger partial charge in [0.25, 0.3) is 0 Å². The summed E-state index contributed by atoms with van der Waals surface area (Å²) in [6, 6.07) is 16.8. The van der Waals surface area contributed by atoms with Crippen LogP contribution in [-0.4, -0.2) is 44.3 Å². The summed E-state index contributed by atoms with van der Waals surface area (Å²) in [6.45, 7) is 9.37. The van der Waals surface area contributed by atoms with Crippen LogP contribution in [0.25, 0.3) is 0 Å². The molecule has 0 saturated carbocycles. The molecule has 3 rings (SSSR count). The molecule has 150 valence electrons. The van der Waals surface area contributed by atoms with Crippen molar-refractivity contribution < 1.29 is 34.3 Å². The molecule has 0 bridgehead atoms. The fourth-order valence-electron chi connectivity index (χ4n) is 2.92. The molecule has 0 amide bonds. The van der Waals surface area contributed by atoms with Gasteiger partial charge in [-0.05, 0) is 18.6 Å². The van der Waals surface area contributed by atoms with E-state index in [0.29, 0.717) is 6.61 Å². The van der Waals surface area contributed by atoms with Crippen molar-refractivity contribution in [1.29, 1.82) is 0 Å². The summed E-state index contributed by atoms with van der Waals surface area (Å²) in [5.41, 5.74) is 3.67. The fraction of sp³-hybridized carbons (Fsp3) is 0.429. The number of rotatable bonds is 8. The van der Waals surface area contributed by atoms with Crippen molar-refractivity contribution in [2.24, 2.45) is 0 Å². The molecule has 0 aromatic heterocycles. The lowest BCUT2D eigenvalue weighted by Crippen LogP contribution is -3.00. The number of hydrogen-bond acceptors (Lipinski definition) is 4. The van der Waals surface area contributed by atoms with Gasteiger partial charge in [-0.1, -0.05) is 48.0 Å². The molecule has 0 spiro atoms. The van der Waals surface area contributed by atoms with Crippen LogP contribution in [0.15, 0.2) is 48.5 Å². The van der Waals surface area contributed by atoms with Crippen LogP contribution in [-0.2, 0) is 17.9 Å². The van der Waals surface area contributed by atoms with Crippen molar-refractivity contribution in [3.05, 3.63) is 65.2 Å². The number of aryl methyl sites for hydroxylation is 1. The Labute approximate surface area is 175 Å². The molecule has 4 nitrogen and oxygen atoms in total. The molecule has 1 heterocycles. The van der Waals surface area contributed by atoms with E-state index in [1.807, 2.05) is 12.1 Å². The Bertz CT molecular complexity index is 647. The molecule has 1 saturated heterocycles. The Morgan fingerprint density at radius 3 is 2.44 bits per heavy atom. The van der Waals surface area contributed by atoms with E-state index in [0.717, 1.165) is 51.7 Å². The quantitative estimate of drug-likeness (QED) is 0.470. The maximum Gasteiger partial charge on any atom is 0.124 e. The maximum absolute atomic E-state index is 6.04. The zero-order chi connectivity index (χ0) is 17.3. The van der Waals surface area contributed by atoms with Gasteiger partial charge in [-0.25, -0.2) is 0 Å². The van der Waals surface area contributed by atoms with Gasteiger partial charge in [-0.3, -0.25) is 4.90 Å². The second-order valence-electron chi connectivity index (χ2n) is 6.51. The molecule has 6 heteroatoms. The molecular formula is C21H28Cl2N2O2-2. The first-order valence-corrected chi connectivity index (χ1v) is 9.08. The van der Waals surface area contributed by atoms with E-state index in [9.17, 15) is 0 Å². The number of nitrogens with one attached hydrogen (secondary N) is 1. The van der Waals surface area contributed by atoms with Crippen LogP contribution >= 0.6 is 0 Å². The Hall–Kier alpha value is -1.30. The summed E-state index contributed by atoms with van der Waals surface area (Å²) >= 11 is 0. The molecule has 27 heavy (non-hydrogen) atoms. The molecule has 2 aromatic rings. The van der Waals surface area contributed by atoms with Crippen LogP contribution in [0.2, 0.25) is 0 Å². The Morgan fingerprint density at radius 1 is 1.00 bits per heavy atom. The van der Waals surface area contributed by atoms with Crippen molar-refractivity contribution in [2.45, 2.75) is 20.1 Å². The van der Waals surface area contributed by atoms with Gasteiger partial charge in [0.2, 0.25) is 0 Å². The fourth-order valence-corrected chi connectivity index (χ4v) is 2.92. The number of para-hydroxylation sites is 1. The minimum atomic E-state index is 0. The van der Waals surface area contributed by atoms with Gasteiger partial charge in [-0.15, -0.1) is 0 Å². The lowest BCUT2D eigenvalue weighted by Gasteiger charge is -2.26. The van der Waals surface area contributed by atoms with Crippen molar-refractivity contribution in [2.75, 3.05) is 39.4 Å². The summed E-state index contributed by atoms with van der Waals surface area (Å²) in [4.78, 5) is 2.44. The Kier molecular flexibility index (Phi) is 11.4. The second kappa shape index (κ2) is 13.0. The first-order valence-electron chi connectivity index (χ1n) is 9.08. The number of benzene rings is 2. The highest BCUT2D eigenvalue weighted by Crippen LogP contribution is 2.19. The van der Waals surface area contributed by atoms with Crippen molar-refractivity contribution in [3.63, 3.8) is 0 Å². The molecule has 1 aliphatic heterocycles. The Morgan fingerprint density at radius 2 is 1.70 bits per heavy atom. The largest absolute Gasteiger partial charge is 1.00 e. The van der Waals surface area contributed by atoms with Crippen LogP contribution in [0, 0.1) is 6.92 Å². The number of halogens is 2. The van der Waals surface area contributed by atoms with Gasteiger partial charge in [0.1, 0.15) is 12.4 Å². The van der Waals surface area contributed by atoms with Crippen molar-refractivity contribution in [3.8, 4) is 5.75 Å². The summed E-state index contributed by atoms with van der Waals surface area (Å²) in [5.74, 6) is 0.960. The molecule has 0 aliphatic carbocycles. The average molecular weight is 411 g/mol. The standard InChI is InChI=1S/C21H28N2O2.2ClH/c1-18-6-8-19(9-7-18)17-25-21-5-3-2-4-20(21)16-22-10-11-23-12-14-24-15-13-23;;/h2-9,22H,10-17H2,1H3;2*1H/p-2. The summed E-state index contributed by atoms with van der Waals surface area (Å²) in [5, 5.41) is 3.53. The van der Waals surface area contributed by atoms with Gasteiger partial charge < -0.3 is 39.6 Å². The molecule has 0 unspecified atom stereocenters. The number of morpholine rings is 1. The van der Waals surface area contributed by atoms with Gasteiger partial charge in [0, 0.05) is 38.3 Å². The van der Waals surface area contributed by atoms with E-state index >= 15 is 0 Å². The van der Waals surface area contributed by atoms with Crippen LogP contribution in [0.4, 0.5) is 0 Å². The van der Waals surface area contributed by atoms with Gasteiger partial charge in [-0.2, -0.15) is 0 Å². The highest BCUT2D eigenvalue weighted by atomic mass is 35.5. The molecule has 0 radical (unpaired) electrons. The molecule has 1 fully saturated rings. The van der Waals surface area contributed by atoms with Gasteiger partial charge in [0.15, 0.2) is 0 Å². The third-order valence-corrected chi connectivity index (χ3v) is 4.51. The Balaban J connectivity index is 0.00000182. The van der Waals surface area contributed by atoms with Crippen molar-refractivity contribution in [1.82, 2.24) is 10.2 Å². The molecular weight excluding hydrogens is 383 g/mol. The number of nitrogens with zero attached hydrogens (tertiary/aromatic N) is 1. The van der Waals surface area contributed by atoms with E-state index in [2.05, 4.69) is 53.5 Å². The van der Waals surface area contributed by atoms with E-state index in [1.54, 1.807) is 0 Å². The maximum atomic E-state index is 6.04. The molecule has 0 atom stereocenters. The van der Waals surface area contributed by atoms with E-state index in [4.69, 9.17) is 9.47 Å². The number of hydrogen-bond donors (Lipinski definition) is 1. The normalized spacial score (nSPS) is 14.1. The molecule has 2 aromatic carbocycles. The third-order valence-electron chi connectivity index (χ3n) is 4.51. The van der Waals surface area contributed by atoms with Crippen LogP contribution < -0.4 is 34.9 Å². The first-order chi connectivity index (χ1) is 12.3. The first kappa shape index (κ1) is 23.7. The van der Waals surface area contributed by atoms with Crippen LogP contribution in [0.5, 0.6) is 5.75 Å². The lowest BCUT2D eigenvalue weighted by molar-refractivity contribution is -0.00100. The lowest BCUT2D eigenvalue weighted by atomic mass is 10.1. The highest BCUT2D eigenvalue weighted by Gasteiger charge is 2.09.